The molecule has 0 saturated heterocycles. The molecule has 0 fully saturated rings. The molecular weight excluding hydrogens is 393 g/mol. The molecular formula is C18H15Cl2N3O2S. The van der Waals surface area contributed by atoms with Gasteiger partial charge in [-0.1, -0.05) is 34.5 Å². The summed E-state index contributed by atoms with van der Waals surface area (Å²) in [4.78, 5) is 12.3. The summed E-state index contributed by atoms with van der Waals surface area (Å²) in [5.74, 6) is 0.443. The summed E-state index contributed by atoms with van der Waals surface area (Å²) in [6.45, 7) is 3.89. The summed E-state index contributed by atoms with van der Waals surface area (Å²) in [7, 11) is 0. The fourth-order valence-electron chi connectivity index (χ4n) is 2.17. The van der Waals surface area contributed by atoms with E-state index in [0.29, 0.717) is 37.1 Å². The molecule has 0 saturated carbocycles. The molecule has 1 N–H and O–H groups in total. The highest BCUT2D eigenvalue weighted by atomic mass is 35.5. The van der Waals surface area contributed by atoms with Crippen LogP contribution in [0.1, 0.15) is 24.2 Å². The molecule has 2 aromatic carbocycles. The minimum Gasteiger partial charge on any atom is -0.491 e. The number of carbonyl (C=O) groups excluding carboxylic acids is 1. The number of ether oxygens (including phenoxy) is 1. The van der Waals surface area contributed by atoms with Crippen LogP contribution in [0.4, 0.5) is 5.13 Å². The topological polar surface area (TPSA) is 64.1 Å². The molecule has 3 aromatic rings. The van der Waals surface area contributed by atoms with Crippen molar-refractivity contribution in [2.75, 3.05) is 5.32 Å². The van der Waals surface area contributed by atoms with Gasteiger partial charge in [-0.05, 0) is 56.3 Å². The van der Waals surface area contributed by atoms with E-state index in [1.165, 1.54) is 11.3 Å². The van der Waals surface area contributed by atoms with E-state index in [0.717, 1.165) is 0 Å². The Morgan fingerprint density at radius 3 is 2.50 bits per heavy atom. The summed E-state index contributed by atoms with van der Waals surface area (Å²) in [6, 6.07) is 12.0. The maximum atomic E-state index is 12.3. The largest absolute Gasteiger partial charge is 0.491 e. The number of anilines is 1. The van der Waals surface area contributed by atoms with Gasteiger partial charge in [0.2, 0.25) is 5.13 Å². The van der Waals surface area contributed by atoms with Crippen LogP contribution in [0.25, 0.3) is 10.6 Å². The van der Waals surface area contributed by atoms with Crippen molar-refractivity contribution < 1.29 is 9.53 Å². The van der Waals surface area contributed by atoms with Crippen LogP contribution >= 0.6 is 34.5 Å². The second-order valence-electron chi connectivity index (χ2n) is 5.68. The first kappa shape index (κ1) is 18.6. The molecule has 0 spiro atoms. The standard InChI is InChI=1S/C18H15Cl2N3O2S/c1-10(2)25-13-6-3-11(4-7-13)16(24)21-18-23-22-17(26-18)14-8-5-12(19)9-15(14)20/h3-10H,1-2H3,(H,21,23,24). The lowest BCUT2D eigenvalue weighted by molar-refractivity contribution is 0.102. The number of aromatic nitrogens is 2. The number of hydrogen-bond donors (Lipinski definition) is 1. The minimum absolute atomic E-state index is 0.0779. The van der Waals surface area contributed by atoms with Crippen molar-refractivity contribution in [3.05, 3.63) is 58.1 Å². The van der Waals surface area contributed by atoms with Crippen LogP contribution in [0.15, 0.2) is 42.5 Å². The van der Waals surface area contributed by atoms with E-state index < -0.39 is 0 Å². The fourth-order valence-corrected chi connectivity index (χ4v) is 3.50. The predicted molar refractivity (Wildman–Crippen MR) is 106 cm³/mol. The van der Waals surface area contributed by atoms with Gasteiger partial charge in [0.15, 0.2) is 5.01 Å². The van der Waals surface area contributed by atoms with Crippen LogP contribution in [0.2, 0.25) is 10.0 Å². The van der Waals surface area contributed by atoms with Crippen LogP contribution in [-0.2, 0) is 0 Å². The summed E-state index contributed by atoms with van der Waals surface area (Å²) in [5, 5.41) is 12.8. The molecule has 0 radical (unpaired) electrons. The van der Waals surface area contributed by atoms with Gasteiger partial charge in [-0.3, -0.25) is 10.1 Å². The Balaban J connectivity index is 1.71. The van der Waals surface area contributed by atoms with Crippen molar-refractivity contribution in [3.63, 3.8) is 0 Å². The van der Waals surface area contributed by atoms with Crippen LogP contribution < -0.4 is 10.1 Å². The Hall–Kier alpha value is -2.15. The van der Waals surface area contributed by atoms with Gasteiger partial charge in [0.25, 0.3) is 5.91 Å². The van der Waals surface area contributed by atoms with Crippen LogP contribution in [0.5, 0.6) is 5.75 Å². The van der Waals surface area contributed by atoms with Crippen molar-refractivity contribution in [2.45, 2.75) is 20.0 Å². The van der Waals surface area contributed by atoms with E-state index in [2.05, 4.69) is 15.5 Å². The molecule has 0 aliphatic rings. The molecule has 26 heavy (non-hydrogen) atoms. The Labute approximate surface area is 164 Å². The van der Waals surface area contributed by atoms with Crippen LogP contribution in [0.3, 0.4) is 0 Å². The van der Waals surface area contributed by atoms with Gasteiger partial charge in [0.05, 0.1) is 11.1 Å². The zero-order chi connectivity index (χ0) is 18.7. The number of hydrogen-bond acceptors (Lipinski definition) is 5. The van der Waals surface area contributed by atoms with E-state index in [-0.39, 0.29) is 12.0 Å². The van der Waals surface area contributed by atoms with Crippen molar-refractivity contribution in [3.8, 4) is 16.3 Å². The predicted octanol–water partition coefficient (Wildman–Crippen LogP) is 5.55. The van der Waals surface area contributed by atoms with E-state index >= 15 is 0 Å². The molecule has 5 nitrogen and oxygen atoms in total. The first-order valence-corrected chi connectivity index (χ1v) is 9.36. The van der Waals surface area contributed by atoms with Gasteiger partial charge in [0, 0.05) is 16.1 Å². The maximum absolute atomic E-state index is 12.3. The van der Waals surface area contributed by atoms with Gasteiger partial charge in [-0.15, -0.1) is 10.2 Å². The molecule has 0 aliphatic carbocycles. The average Bonchev–Trinajstić information content (AvgIpc) is 3.03. The van der Waals surface area contributed by atoms with E-state index in [4.69, 9.17) is 27.9 Å². The Morgan fingerprint density at radius 2 is 1.85 bits per heavy atom. The summed E-state index contributed by atoms with van der Waals surface area (Å²) in [5.41, 5.74) is 1.21. The summed E-state index contributed by atoms with van der Waals surface area (Å²) in [6.07, 6.45) is 0.0779. The molecule has 1 amide bonds. The van der Waals surface area contributed by atoms with Crippen molar-refractivity contribution in [1.29, 1.82) is 0 Å². The number of nitrogens with zero attached hydrogens (tertiary/aromatic N) is 2. The first-order chi connectivity index (χ1) is 12.4. The summed E-state index contributed by atoms with van der Waals surface area (Å²) >= 11 is 13.3. The Morgan fingerprint density at radius 1 is 1.12 bits per heavy atom. The first-order valence-electron chi connectivity index (χ1n) is 7.79. The fraction of sp³-hybridized carbons (Fsp3) is 0.167. The number of nitrogens with one attached hydrogen (secondary N) is 1. The third kappa shape index (κ3) is 4.52. The highest BCUT2D eigenvalue weighted by Crippen LogP contribution is 2.33. The summed E-state index contributed by atoms with van der Waals surface area (Å²) < 4.78 is 5.57. The lowest BCUT2D eigenvalue weighted by Gasteiger charge is -2.09. The van der Waals surface area contributed by atoms with Crippen molar-refractivity contribution >= 4 is 45.6 Å². The van der Waals surface area contributed by atoms with Crippen molar-refractivity contribution in [1.82, 2.24) is 10.2 Å². The highest BCUT2D eigenvalue weighted by molar-refractivity contribution is 7.18. The Kier molecular flexibility index (Phi) is 5.76. The normalized spacial score (nSPS) is 10.8. The molecule has 3 rings (SSSR count). The molecule has 0 unspecified atom stereocenters. The van der Waals surface area contributed by atoms with E-state index in [9.17, 15) is 4.79 Å². The molecule has 1 aromatic heterocycles. The zero-order valence-corrected chi connectivity index (χ0v) is 16.3. The molecule has 0 bridgehead atoms. The van der Waals surface area contributed by atoms with E-state index in [1.807, 2.05) is 13.8 Å². The quantitative estimate of drug-likeness (QED) is 0.601. The van der Waals surface area contributed by atoms with Crippen LogP contribution in [-0.4, -0.2) is 22.2 Å². The molecule has 1 heterocycles. The lowest BCUT2D eigenvalue weighted by atomic mass is 10.2. The molecule has 0 atom stereocenters. The maximum Gasteiger partial charge on any atom is 0.257 e. The zero-order valence-electron chi connectivity index (χ0n) is 14.0. The third-order valence-electron chi connectivity index (χ3n) is 3.30. The number of benzene rings is 2. The van der Waals surface area contributed by atoms with E-state index in [1.54, 1.807) is 42.5 Å². The van der Waals surface area contributed by atoms with Gasteiger partial charge >= 0.3 is 0 Å². The van der Waals surface area contributed by atoms with Crippen molar-refractivity contribution in [2.24, 2.45) is 0 Å². The minimum atomic E-state index is -0.272. The molecule has 8 heteroatoms. The van der Waals surface area contributed by atoms with Gasteiger partial charge < -0.3 is 4.74 Å². The smallest absolute Gasteiger partial charge is 0.257 e. The SMILES string of the molecule is CC(C)Oc1ccc(C(=O)Nc2nnc(-c3ccc(Cl)cc3Cl)s2)cc1. The highest BCUT2D eigenvalue weighted by Gasteiger charge is 2.13. The Bertz CT molecular complexity index is 926. The molecule has 134 valence electrons. The second kappa shape index (κ2) is 8.03. The number of rotatable bonds is 5. The van der Waals surface area contributed by atoms with Crippen LogP contribution in [0, 0.1) is 0 Å². The lowest BCUT2D eigenvalue weighted by Crippen LogP contribution is -2.12. The van der Waals surface area contributed by atoms with Gasteiger partial charge in [-0.2, -0.15) is 0 Å². The van der Waals surface area contributed by atoms with Gasteiger partial charge in [-0.25, -0.2) is 0 Å². The number of amides is 1. The third-order valence-corrected chi connectivity index (χ3v) is 4.72. The average molecular weight is 408 g/mol. The van der Waals surface area contributed by atoms with Gasteiger partial charge in [0.1, 0.15) is 5.75 Å². The number of halogens is 2. The second-order valence-corrected chi connectivity index (χ2v) is 7.50. The monoisotopic (exact) mass is 407 g/mol. The number of carbonyl (C=O) groups is 1. The molecule has 0 aliphatic heterocycles.